The number of sulfone groups is 1. The van der Waals surface area contributed by atoms with Gasteiger partial charge in [-0.1, -0.05) is 24.6 Å². The van der Waals surface area contributed by atoms with Crippen LogP contribution in [0, 0.1) is 20.8 Å². The van der Waals surface area contributed by atoms with Crippen molar-refractivity contribution in [2.24, 2.45) is 0 Å². The van der Waals surface area contributed by atoms with Crippen molar-refractivity contribution in [2.75, 3.05) is 17.6 Å². The van der Waals surface area contributed by atoms with E-state index < -0.39 is 31.8 Å². The van der Waals surface area contributed by atoms with Gasteiger partial charge in [0.15, 0.2) is 9.84 Å². The van der Waals surface area contributed by atoms with Crippen molar-refractivity contribution < 1.29 is 21.6 Å². The van der Waals surface area contributed by atoms with Crippen molar-refractivity contribution in [3.63, 3.8) is 0 Å². The quantitative estimate of drug-likeness (QED) is 0.708. The zero-order valence-electron chi connectivity index (χ0n) is 18.2. The molecule has 1 N–H and O–H groups in total. The van der Waals surface area contributed by atoms with Gasteiger partial charge in [-0.25, -0.2) is 16.8 Å². The van der Waals surface area contributed by atoms with Crippen LogP contribution < -0.4 is 5.32 Å². The van der Waals surface area contributed by atoms with Gasteiger partial charge in [0.1, 0.15) is 6.04 Å². The van der Waals surface area contributed by atoms with Crippen LogP contribution in [0.5, 0.6) is 0 Å². The SMILES string of the molecule is CCS(=O)(=O)c1ccc(NC(=O)[C@@H]2CCCN2S(=O)(=O)c2c(C)cc(C)cc2C)cc1. The molecule has 0 aliphatic carbocycles. The van der Waals surface area contributed by atoms with E-state index in [2.05, 4.69) is 5.32 Å². The Morgan fingerprint density at radius 1 is 1.03 bits per heavy atom. The third-order valence-corrected chi connectivity index (χ3v) is 9.50. The summed E-state index contributed by atoms with van der Waals surface area (Å²) in [4.78, 5) is 13.4. The summed E-state index contributed by atoms with van der Waals surface area (Å²) in [6, 6.07) is 8.76. The molecule has 3 rings (SSSR count). The number of aryl methyl sites for hydroxylation is 3. The number of sulfonamides is 1. The van der Waals surface area contributed by atoms with Crippen molar-refractivity contribution in [3.8, 4) is 0 Å². The molecule has 1 amide bonds. The van der Waals surface area contributed by atoms with Gasteiger partial charge in [0.05, 0.1) is 15.5 Å². The molecule has 9 heteroatoms. The first-order valence-electron chi connectivity index (χ1n) is 10.2. The first-order chi connectivity index (χ1) is 14.5. The number of hydrogen-bond donors (Lipinski definition) is 1. The van der Waals surface area contributed by atoms with Gasteiger partial charge in [-0.3, -0.25) is 4.79 Å². The molecule has 1 saturated heterocycles. The Morgan fingerprint density at radius 3 is 2.16 bits per heavy atom. The van der Waals surface area contributed by atoms with Crippen LogP contribution in [0.2, 0.25) is 0 Å². The molecule has 168 valence electrons. The van der Waals surface area contributed by atoms with Gasteiger partial charge < -0.3 is 5.32 Å². The molecule has 0 spiro atoms. The summed E-state index contributed by atoms with van der Waals surface area (Å²) in [5.41, 5.74) is 2.73. The molecule has 0 saturated carbocycles. The fraction of sp³-hybridized carbons (Fsp3) is 0.409. The Kier molecular flexibility index (Phi) is 6.59. The number of anilines is 1. The van der Waals surface area contributed by atoms with Gasteiger partial charge in [-0.15, -0.1) is 0 Å². The van der Waals surface area contributed by atoms with Crippen LogP contribution in [0.25, 0.3) is 0 Å². The molecule has 2 aromatic carbocycles. The number of carbonyl (C=O) groups is 1. The van der Waals surface area contributed by atoms with E-state index in [9.17, 15) is 21.6 Å². The van der Waals surface area contributed by atoms with E-state index in [0.717, 1.165) is 5.56 Å². The standard InChI is InChI=1S/C22H28N2O5S2/c1-5-30(26,27)19-10-8-18(9-11-19)23-22(25)20-7-6-12-24(20)31(28,29)21-16(3)13-15(2)14-17(21)4/h8-11,13-14,20H,5-7,12H2,1-4H3,(H,23,25)/t20-/m0/s1. The minimum absolute atomic E-state index is 0.00849. The fourth-order valence-electron chi connectivity index (χ4n) is 4.12. The van der Waals surface area contributed by atoms with Crippen LogP contribution in [0.4, 0.5) is 5.69 Å². The largest absolute Gasteiger partial charge is 0.325 e. The number of hydrogen-bond acceptors (Lipinski definition) is 5. The third kappa shape index (κ3) is 4.68. The lowest BCUT2D eigenvalue weighted by molar-refractivity contribution is -0.119. The molecule has 31 heavy (non-hydrogen) atoms. The van der Waals surface area contributed by atoms with E-state index in [1.54, 1.807) is 20.8 Å². The maximum atomic E-state index is 13.4. The fourth-order valence-corrected chi connectivity index (χ4v) is 7.07. The zero-order valence-corrected chi connectivity index (χ0v) is 19.8. The summed E-state index contributed by atoms with van der Waals surface area (Å²) in [5.74, 6) is -0.430. The van der Waals surface area contributed by atoms with Crippen molar-refractivity contribution >= 4 is 31.5 Å². The molecule has 0 aromatic heterocycles. The molecule has 0 radical (unpaired) electrons. The lowest BCUT2D eigenvalue weighted by Crippen LogP contribution is -2.43. The summed E-state index contributed by atoms with van der Waals surface area (Å²) in [5, 5.41) is 2.73. The molecule has 1 fully saturated rings. The molecule has 1 atom stereocenters. The second kappa shape index (κ2) is 8.72. The minimum atomic E-state index is -3.84. The normalized spacial score (nSPS) is 17.6. The third-order valence-electron chi connectivity index (χ3n) is 5.54. The molecule has 1 aliphatic heterocycles. The molecule has 2 aromatic rings. The molecule has 1 aliphatic rings. The number of rotatable bonds is 6. The first-order valence-corrected chi connectivity index (χ1v) is 13.3. The maximum absolute atomic E-state index is 13.4. The van der Waals surface area contributed by atoms with Crippen molar-refractivity contribution in [3.05, 3.63) is 53.1 Å². The molecule has 0 bridgehead atoms. The van der Waals surface area contributed by atoms with Gasteiger partial charge in [0, 0.05) is 12.2 Å². The number of benzene rings is 2. The van der Waals surface area contributed by atoms with Crippen LogP contribution >= 0.6 is 0 Å². The van der Waals surface area contributed by atoms with Crippen LogP contribution in [0.3, 0.4) is 0 Å². The van der Waals surface area contributed by atoms with Gasteiger partial charge in [0.2, 0.25) is 15.9 Å². The van der Waals surface area contributed by atoms with Crippen LogP contribution in [-0.4, -0.2) is 45.4 Å². The number of nitrogens with one attached hydrogen (secondary N) is 1. The smallest absolute Gasteiger partial charge is 0.244 e. The number of nitrogens with zero attached hydrogens (tertiary/aromatic N) is 1. The molecular weight excluding hydrogens is 436 g/mol. The highest BCUT2D eigenvalue weighted by molar-refractivity contribution is 7.91. The van der Waals surface area contributed by atoms with E-state index in [1.807, 2.05) is 19.1 Å². The zero-order chi connectivity index (χ0) is 23.0. The molecule has 0 unspecified atom stereocenters. The highest BCUT2D eigenvalue weighted by atomic mass is 32.2. The van der Waals surface area contributed by atoms with Gasteiger partial charge in [-0.2, -0.15) is 4.31 Å². The lowest BCUT2D eigenvalue weighted by atomic mass is 10.1. The average Bonchev–Trinajstić information content (AvgIpc) is 3.18. The second-order valence-corrected chi connectivity index (χ2v) is 12.0. The number of amides is 1. The van der Waals surface area contributed by atoms with E-state index in [1.165, 1.54) is 28.6 Å². The topological polar surface area (TPSA) is 101 Å². The van der Waals surface area contributed by atoms with E-state index in [4.69, 9.17) is 0 Å². The van der Waals surface area contributed by atoms with E-state index in [-0.39, 0.29) is 22.1 Å². The first kappa shape index (κ1) is 23.4. The minimum Gasteiger partial charge on any atom is -0.325 e. The van der Waals surface area contributed by atoms with E-state index in [0.29, 0.717) is 29.7 Å². The van der Waals surface area contributed by atoms with Crippen molar-refractivity contribution in [1.82, 2.24) is 4.31 Å². The lowest BCUT2D eigenvalue weighted by Gasteiger charge is -2.25. The Morgan fingerprint density at radius 2 is 1.61 bits per heavy atom. The van der Waals surface area contributed by atoms with Gasteiger partial charge in [-0.05, 0) is 69.0 Å². The summed E-state index contributed by atoms with van der Waals surface area (Å²) >= 11 is 0. The van der Waals surface area contributed by atoms with Crippen molar-refractivity contribution in [2.45, 2.75) is 56.4 Å². The molecular formula is C22H28N2O5S2. The summed E-state index contributed by atoms with van der Waals surface area (Å²) < 4.78 is 52.0. The summed E-state index contributed by atoms with van der Waals surface area (Å²) in [6.07, 6.45) is 1.02. The second-order valence-electron chi connectivity index (χ2n) is 7.92. The Labute approximate surface area is 184 Å². The van der Waals surface area contributed by atoms with Crippen molar-refractivity contribution in [1.29, 1.82) is 0 Å². The molecule has 7 nitrogen and oxygen atoms in total. The monoisotopic (exact) mass is 464 g/mol. The average molecular weight is 465 g/mol. The summed E-state index contributed by atoms with van der Waals surface area (Å²) in [7, 11) is -7.17. The predicted octanol–water partition coefficient (Wildman–Crippen LogP) is 3.20. The van der Waals surface area contributed by atoms with Crippen LogP contribution in [-0.2, 0) is 24.7 Å². The Balaban J connectivity index is 1.84. The van der Waals surface area contributed by atoms with E-state index >= 15 is 0 Å². The maximum Gasteiger partial charge on any atom is 0.244 e. The van der Waals surface area contributed by atoms with Crippen LogP contribution in [0.1, 0.15) is 36.5 Å². The van der Waals surface area contributed by atoms with Gasteiger partial charge >= 0.3 is 0 Å². The van der Waals surface area contributed by atoms with Gasteiger partial charge in [0.25, 0.3) is 0 Å². The highest BCUT2D eigenvalue weighted by Crippen LogP contribution is 2.31. The van der Waals surface area contributed by atoms with Crippen LogP contribution in [0.15, 0.2) is 46.2 Å². The predicted molar refractivity (Wildman–Crippen MR) is 120 cm³/mol. The molecule has 1 heterocycles. The highest BCUT2D eigenvalue weighted by Gasteiger charge is 2.40. The Hall–Kier alpha value is -2.23. The Bertz CT molecular complexity index is 1180. The summed E-state index contributed by atoms with van der Waals surface area (Å²) in [6.45, 7) is 7.30. The number of carbonyl (C=O) groups excluding carboxylic acids is 1.